The van der Waals surface area contributed by atoms with E-state index in [0.29, 0.717) is 6.54 Å². The maximum Gasteiger partial charge on any atom is 0.191 e. The van der Waals surface area contributed by atoms with Crippen molar-refractivity contribution in [2.45, 2.75) is 33.3 Å². The molecule has 7 heteroatoms. The van der Waals surface area contributed by atoms with Crippen LogP contribution in [0.15, 0.2) is 40.7 Å². The van der Waals surface area contributed by atoms with Gasteiger partial charge in [-0.1, -0.05) is 18.2 Å². The van der Waals surface area contributed by atoms with Crippen LogP contribution in [0.1, 0.15) is 24.5 Å². The largest absolute Gasteiger partial charge is 0.489 e. The molecule has 0 fully saturated rings. The van der Waals surface area contributed by atoms with E-state index < -0.39 is 0 Å². The standard InChI is InChI=1S/C18H26N4OS.HI/c1-4-19-18(20-11-10-16-13-24-15(3)22-16)21-12-14(2)23-17-8-6-5-7-9-17;/h5-9,13-14H,4,10-12H2,1-3H3,(H2,19,20,21);1H. The van der Waals surface area contributed by atoms with E-state index in [2.05, 4.69) is 32.9 Å². The van der Waals surface area contributed by atoms with E-state index in [1.165, 1.54) is 0 Å². The van der Waals surface area contributed by atoms with Crippen molar-refractivity contribution in [3.05, 3.63) is 46.4 Å². The number of thiazole rings is 1. The van der Waals surface area contributed by atoms with Crippen molar-refractivity contribution >= 4 is 41.3 Å². The Balaban J connectivity index is 0.00000312. The average Bonchev–Trinajstić information content (AvgIpc) is 2.99. The summed E-state index contributed by atoms with van der Waals surface area (Å²) in [4.78, 5) is 9.07. The highest BCUT2D eigenvalue weighted by Gasteiger charge is 2.05. The normalized spacial score (nSPS) is 12.2. The minimum Gasteiger partial charge on any atom is -0.489 e. The Kier molecular flexibility index (Phi) is 10.5. The van der Waals surface area contributed by atoms with E-state index in [1.807, 2.05) is 44.2 Å². The first-order chi connectivity index (χ1) is 11.7. The number of hydrogen-bond donors (Lipinski definition) is 2. The van der Waals surface area contributed by atoms with Crippen LogP contribution in [-0.2, 0) is 6.42 Å². The zero-order valence-electron chi connectivity index (χ0n) is 15.0. The summed E-state index contributed by atoms with van der Waals surface area (Å²) in [5, 5.41) is 9.82. The van der Waals surface area contributed by atoms with Gasteiger partial charge in [0.15, 0.2) is 5.96 Å². The van der Waals surface area contributed by atoms with Gasteiger partial charge in [0.1, 0.15) is 11.9 Å². The number of ether oxygens (including phenoxy) is 1. The number of aliphatic imine (C=N–C) groups is 1. The van der Waals surface area contributed by atoms with Gasteiger partial charge in [-0.25, -0.2) is 9.98 Å². The number of para-hydroxylation sites is 1. The van der Waals surface area contributed by atoms with Crippen LogP contribution in [0.3, 0.4) is 0 Å². The number of halogens is 1. The second-order valence-corrected chi connectivity index (χ2v) is 6.56. The van der Waals surface area contributed by atoms with E-state index in [9.17, 15) is 0 Å². The summed E-state index contributed by atoms with van der Waals surface area (Å²) >= 11 is 1.69. The fourth-order valence-electron chi connectivity index (χ4n) is 2.16. The molecule has 2 aromatic rings. The smallest absolute Gasteiger partial charge is 0.191 e. The molecular formula is C18H27IN4OS. The molecule has 1 atom stereocenters. The first kappa shape index (κ1) is 21.7. The van der Waals surface area contributed by atoms with Crippen LogP contribution in [-0.4, -0.2) is 36.7 Å². The van der Waals surface area contributed by atoms with E-state index in [0.717, 1.165) is 41.9 Å². The molecule has 0 saturated heterocycles. The summed E-state index contributed by atoms with van der Waals surface area (Å²) in [6.07, 6.45) is 0.911. The van der Waals surface area contributed by atoms with Gasteiger partial charge in [0, 0.05) is 24.9 Å². The van der Waals surface area contributed by atoms with E-state index >= 15 is 0 Å². The molecule has 1 aromatic heterocycles. The number of guanidine groups is 1. The van der Waals surface area contributed by atoms with Gasteiger partial charge in [-0.05, 0) is 32.9 Å². The predicted molar refractivity (Wildman–Crippen MR) is 116 cm³/mol. The first-order valence-electron chi connectivity index (χ1n) is 8.32. The van der Waals surface area contributed by atoms with E-state index in [-0.39, 0.29) is 30.1 Å². The van der Waals surface area contributed by atoms with Crippen LogP contribution in [0.2, 0.25) is 0 Å². The molecule has 5 nitrogen and oxygen atoms in total. The van der Waals surface area contributed by atoms with Crippen LogP contribution in [0.25, 0.3) is 0 Å². The Morgan fingerprint density at radius 2 is 2.04 bits per heavy atom. The van der Waals surface area contributed by atoms with Crippen molar-refractivity contribution in [2.24, 2.45) is 4.99 Å². The number of hydrogen-bond acceptors (Lipinski definition) is 4. The molecule has 2 rings (SSSR count). The number of aromatic nitrogens is 1. The van der Waals surface area contributed by atoms with Crippen LogP contribution < -0.4 is 15.4 Å². The zero-order valence-corrected chi connectivity index (χ0v) is 18.1. The van der Waals surface area contributed by atoms with Crippen LogP contribution in [0.4, 0.5) is 0 Å². The van der Waals surface area contributed by atoms with Crippen molar-refractivity contribution in [1.82, 2.24) is 15.6 Å². The summed E-state index contributed by atoms with van der Waals surface area (Å²) in [5.74, 6) is 1.69. The molecule has 138 valence electrons. The van der Waals surface area contributed by atoms with Crippen molar-refractivity contribution < 1.29 is 4.74 Å². The van der Waals surface area contributed by atoms with Gasteiger partial charge in [-0.15, -0.1) is 35.3 Å². The van der Waals surface area contributed by atoms with Gasteiger partial charge in [0.25, 0.3) is 0 Å². The molecule has 1 aromatic carbocycles. The molecule has 0 saturated carbocycles. The summed E-state index contributed by atoms with van der Waals surface area (Å²) in [7, 11) is 0. The van der Waals surface area contributed by atoms with Crippen LogP contribution in [0.5, 0.6) is 5.75 Å². The van der Waals surface area contributed by atoms with E-state index in [1.54, 1.807) is 11.3 Å². The highest BCUT2D eigenvalue weighted by atomic mass is 127. The highest BCUT2D eigenvalue weighted by molar-refractivity contribution is 14.0. The lowest BCUT2D eigenvalue weighted by atomic mass is 10.3. The van der Waals surface area contributed by atoms with Gasteiger partial charge < -0.3 is 15.4 Å². The SMILES string of the molecule is CCNC(=NCC(C)Oc1ccccc1)NCCc1csc(C)n1.I. The Morgan fingerprint density at radius 1 is 1.28 bits per heavy atom. The van der Waals surface area contributed by atoms with Crippen molar-refractivity contribution in [1.29, 1.82) is 0 Å². The monoisotopic (exact) mass is 474 g/mol. The fraction of sp³-hybridized carbons (Fsp3) is 0.444. The molecule has 0 radical (unpaired) electrons. The molecule has 0 bridgehead atoms. The van der Waals surface area contributed by atoms with Crippen LogP contribution >= 0.6 is 35.3 Å². The topological polar surface area (TPSA) is 58.5 Å². The summed E-state index contributed by atoms with van der Waals surface area (Å²) in [5.41, 5.74) is 1.13. The maximum atomic E-state index is 5.85. The first-order valence-corrected chi connectivity index (χ1v) is 9.20. The molecular weight excluding hydrogens is 447 g/mol. The van der Waals surface area contributed by atoms with Crippen LogP contribution in [0, 0.1) is 6.92 Å². The molecule has 25 heavy (non-hydrogen) atoms. The lowest BCUT2D eigenvalue weighted by Gasteiger charge is -2.15. The third-order valence-electron chi connectivity index (χ3n) is 3.27. The minimum absolute atomic E-state index is 0. The molecule has 1 heterocycles. The molecule has 2 N–H and O–H groups in total. The van der Waals surface area contributed by atoms with Crippen molar-refractivity contribution in [3.8, 4) is 5.75 Å². The average molecular weight is 474 g/mol. The molecule has 0 amide bonds. The predicted octanol–water partition coefficient (Wildman–Crippen LogP) is 3.63. The molecule has 1 unspecified atom stereocenters. The summed E-state index contributed by atoms with van der Waals surface area (Å²) in [6, 6.07) is 9.83. The summed E-state index contributed by atoms with van der Waals surface area (Å²) in [6.45, 7) is 8.35. The minimum atomic E-state index is 0. The maximum absolute atomic E-state index is 5.85. The molecule has 0 aliphatic heterocycles. The quantitative estimate of drug-likeness (QED) is 0.349. The number of aryl methyl sites for hydroxylation is 1. The Labute approximate surface area is 171 Å². The van der Waals surface area contributed by atoms with Gasteiger partial charge in [-0.2, -0.15) is 0 Å². The van der Waals surface area contributed by atoms with Gasteiger partial charge in [-0.3, -0.25) is 0 Å². The molecule has 0 spiro atoms. The third-order valence-corrected chi connectivity index (χ3v) is 4.09. The van der Waals surface area contributed by atoms with Gasteiger partial charge in [0.2, 0.25) is 0 Å². The Bertz CT molecular complexity index is 633. The zero-order chi connectivity index (χ0) is 17.2. The number of nitrogens with zero attached hydrogens (tertiary/aromatic N) is 2. The van der Waals surface area contributed by atoms with E-state index in [4.69, 9.17) is 4.74 Å². The lowest BCUT2D eigenvalue weighted by molar-refractivity contribution is 0.230. The van der Waals surface area contributed by atoms with Gasteiger partial charge >= 0.3 is 0 Å². The molecule has 0 aliphatic rings. The Morgan fingerprint density at radius 3 is 2.68 bits per heavy atom. The number of nitrogens with one attached hydrogen (secondary N) is 2. The number of rotatable bonds is 8. The van der Waals surface area contributed by atoms with Crippen molar-refractivity contribution in [2.75, 3.05) is 19.6 Å². The number of benzene rings is 1. The highest BCUT2D eigenvalue weighted by Crippen LogP contribution is 2.10. The second-order valence-electron chi connectivity index (χ2n) is 5.50. The van der Waals surface area contributed by atoms with Gasteiger partial charge in [0.05, 0.1) is 17.2 Å². The third kappa shape index (κ3) is 8.53. The lowest BCUT2D eigenvalue weighted by Crippen LogP contribution is -2.39. The fourth-order valence-corrected chi connectivity index (χ4v) is 2.81. The molecule has 0 aliphatic carbocycles. The Hall–Kier alpha value is -1.35. The second kappa shape index (κ2) is 12.1. The van der Waals surface area contributed by atoms with Crippen molar-refractivity contribution in [3.63, 3.8) is 0 Å². The summed E-state index contributed by atoms with van der Waals surface area (Å²) < 4.78 is 5.85.